The topological polar surface area (TPSA) is 52.7 Å². The Kier molecular flexibility index (Phi) is 6.59. The monoisotopic (exact) mass is 317 g/mol. The molecule has 5 heteroatoms. The average molecular weight is 317 g/mol. The third-order valence-corrected chi connectivity index (χ3v) is 4.29. The number of unbranched alkanes of at least 4 members (excludes halogenated alkanes) is 1. The molecule has 1 fully saturated rings. The SMILES string of the molecule is CCCCNC(=O)c1cccc(C(=O)N2CCN(CC)CC2)c1. The predicted molar refractivity (Wildman–Crippen MR) is 91.7 cm³/mol. The average Bonchev–Trinajstić information content (AvgIpc) is 2.61. The highest BCUT2D eigenvalue weighted by atomic mass is 16.2. The molecule has 0 saturated carbocycles. The van der Waals surface area contributed by atoms with Crippen molar-refractivity contribution in [3.8, 4) is 0 Å². The van der Waals surface area contributed by atoms with Gasteiger partial charge in [-0.15, -0.1) is 0 Å². The van der Waals surface area contributed by atoms with Gasteiger partial charge >= 0.3 is 0 Å². The zero-order valence-corrected chi connectivity index (χ0v) is 14.2. The number of amides is 2. The minimum atomic E-state index is -0.107. The molecule has 0 radical (unpaired) electrons. The maximum Gasteiger partial charge on any atom is 0.253 e. The van der Waals surface area contributed by atoms with Crippen LogP contribution in [0.15, 0.2) is 24.3 Å². The number of carbonyl (C=O) groups excluding carboxylic acids is 2. The summed E-state index contributed by atoms with van der Waals surface area (Å²) in [5.41, 5.74) is 1.15. The molecule has 5 nitrogen and oxygen atoms in total. The maximum atomic E-state index is 12.6. The van der Waals surface area contributed by atoms with E-state index >= 15 is 0 Å². The molecular formula is C18H27N3O2. The maximum absolute atomic E-state index is 12.6. The van der Waals surface area contributed by atoms with Gasteiger partial charge in [-0.3, -0.25) is 9.59 Å². The van der Waals surface area contributed by atoms with Crippen molar-refractivity contribution in [1.82, 2.24) is 15.1 Å². The van der Waals surface area contributed by atoms with Crippen molar-refractivity contribution < 1.29 is 9.59 Å². The number of piperazine rings is 1. The van der Waals surface area contributed by atoms with E-state index in [1.807, 2.05) is 4.90 Å². The van der Waals surface area contributed by atoms with Gasteiger partial charge in [-0.25, -0.2) is 0 Å². The van der Waals surface area contributed by atoms with E-state index in [2.05, 4.69) is 24.1 Å². The van der Waals surface area contributed by atoms with Gasteiger partial charge in [0.05, 0.1) is 0 Å². The van der Waals surface area contributed by atoms with Gasteiger partial charge < -0.3 is 15.1 Å². The first-order chi connectivity index (χ1) is 11.2. The van der Waals surface area contributed by atoms with Crippen LogP contribution in [0.1, 0.15) is 47.4 Å². The second kappa shape index (κ2) is 8.67. The largest absolute Gasteiger partial charge is 0.352 e. The first-order valence-electron chi connectivity index (χ1n) is 8.55. The fourth-order valence-electron chi connectivity index (χ4n) is 2.72. The van der Waals surface area contributed by atoms with Crippen LogP contribution in [-0.2, 0) is 0 Å². The van der Waals surface area contributed by atoms with Gasteiger partial charge in [-0.1, -0.05) is 26.3 Å². The molecule has 2 rings (SSSR count). The van der Waals surface area contributed by atoms with E-state index < -0.39 is 0 Å². The van der Waals surface area contributed by atoms with E-state index in [9.17, 15) is 9.59 Å². The highest BCUT2D eigenvalue weighted by molar-refractivity contribution is 5.99. The van der Waals surface area contributed by atoms with Gasteiger partial charge in [0.2, 0.25) is 0 Å². The molecule has 1 aliphatic heterocycles. The van der Waals surface area contributed by atoms with Crippen LogP contribution in [0.5, 0.6) is 0 Å². The van der Waals surface area contributed by atoms with Crippen molar-refractivity contribution in [1.29, 1.82) is 0 Å². The van der Waals surface area contributed by atoms with Gasteiger partial charge in [0, 0.05) is 43.9 Å². The van der Waals surface area contributed by atoms with Gasteiger partial charge in [-0.05, 0) is 31.2 Å². The Hall–Kier alpha value is -1.88. The van der Waals surface area contributed by atoms with Crippen molar-refractivity contribution >= 4 is 11.8 Å². The Labute approximate surface area is 138 Å². The molecule has 2 amide bonds. The summed E-state index contributed by atoms with van der Waals surface area (Å²) >= 11 is 0. The van der Waals surface area contributed by atoms with Crippen molar-refractivity contribution in [2.75, 3.05) is 39.3 Å². The molecule has 0 bridgehead atoms. The van der Waals surface area contributed by atoms with Crippen LogP contribution in [-0.4, -0.2) is 60.9 Å². The zero-order valence-electron chi connectivity index (χ0n) is 14.2. The number of carbonyl (C=O) groups is 2. The van der Waals surface area contributed by atoms with E-state index in [1.54, 1.807) is 24.3 Å². The normalized spacial score (nSPS) is 15.5. The van der Waals surface area contributed by atoms with Crippen LogP contribution >= 0.6 is 0 Å². The van der Waals surface area contributed by atoms with Crippen LogP contribution in [0.4, 0.5) is 0 Å². The molecule has 1 aromatic rings. The van der Waals surface area contributed by atoms with Crippen LogP contribution in [0.2, 0.25) is 0 Å². The van der Waals surface area contributed by atoms with Crippen LogP contribution in [0.3, 0.4) is 0 Å². The van der Waals surface area contributed by atoms with E-state index in [1.165, 1.54) is 0 Å². The van der Waals surface area contributed by atoms with E-state index in [-0.39, 0.29) is 11.8 Å². The zero-order chi connectivity index (χ0) is 16.7. The first-order valence-corrected chi connectivity index (χ1v) is 8.55. The highest BCUT2D eigenvalue weighted by Crippen LogP contribution is 2.11. The second-order valence-corrected chi connectivity index (χ2v) is 5.92. The highest BCUT2D eigenvalue weighted by Gasteiger charge is 2.21. The summed E-state index contributed by atoms with van der Waals surface area (Å²) in [6.07, 6.45) is 2.01. The lowest BCUT2D eigenvalue weighted by atomic mass is 10.1. The number of likely N-dealkylation sites (N-methyl/N-ethyl adjacent to an activating group) is 1. The molecule has 1 saturated heterocycles. The molecule has 126 valence electrons. The van der Waals surface area contributed by atoms with Crippen molar-refractivity contribution in [2.24, 2.45) is 0 Å². The first kappa shape index (κ1) is 17.5. The minimum Gasteiger partial charge on any atom is -0.352 e. The number of hydrogen-bond acceptors (Lipinski definition) is 3. The molecule has 0 atom stereocenters. The molecule has 0 unspecified atom stereocenters. The fourth-order valence-corrected chi connectivity index (χ4v) is 2.72. The Morgan fingerprint density at radius 3 is 2.43 bits per heavy atom. The Balaban J connectivity index is 1.98. The number of benzene rings is 1. The summed E-state index contributed by atoms with van der Waals surface area (Å²) in [4.78, 5) is 28.9. The number of rotatable bonds is 6. The number of nitrogens with zero attached hydrogens (tertiary/aromatic N) is 2. The minimum absolute atomic E-state index is 0.0176. The van der Waals surface area contributed by atoms with E-state index in [0.29, 0.717) is 17.7 Å². The summed E-state index contributed by atoms with van der Waals surface area (Å²) in [5, 5.41) is 2.89. The van der Waals surface area contributed by atoms with Crippen molar-refractivity contribution in [3.63, 3.8) is 0 Å². The molecular weight excluding hydrogens is 290 g/mol. The third kappa shape index (κ3) is 4.79. The van der Waals surface area contributed by atoms with Crippen molar-refractivity contribution in [3.05, 3.63) is 35.4 Å². The molecule has 1 heterocycles. The predicted octanol–water partition coefficient (Wildman–Crippen LogP) is 1.99. The lowest BCUT2D eigenvalue weighted by molar-refractivity contribution is 0.0643. The summed E-state index contributed by atoms with van der Waals surface area (Å²) in [6, 6.07) is 7.03. The van der Waals surface area contributed by atoms with Crippen LogP contribution in [0, 0.1) is 0 Å². The lowest BCUT2D eigenvalue weighted by Gasteiger charge is -2.34. The van der Waals surface area contributed by atoms with E-state index in [4.69, 9.17) is 0 Å². The molecule has 1 aromatic carbocycles. The Morgan fingerprint density at radius 1 is 1.09 bits per heavy atom. The molecule has 0 aliphatic carbocycles. The van der Waals surface area contributed by atoms with Gasteiger partial charge in [0.15, 0.2) is 0 Å². The molecule has 23 heavy (non-hydrogen) atoms. The Bertz CT molecular complexity index is 537. The second-order valence-electron chi connectivity index (χ2n) is 5.92. The molecule has 0 aromatic heterocycles. The Morgan fingerprint density at radius 2 is 1.78 bits per heavy atom. The van der Waals surface area contributed by atoms with Gasteiger partial charge in [0.25, 0.3) is 11.8 Å². The number of nitrogens with one attached hydrogen (secondary N) is 1. The lowest BCUT2D eigenvalue weighted by Crippen LogP contribution is -2.48. The number of hydrogen-bond donors (Lipinski definition) is 1. The molecule has 1 aliphatic rings. The summed E-state index contributed by atoms with van der Waals surface area (Å²) in [6.45, 7) is 9.25. The molecule has 0 spiro atoms. The third-order valence-electron chi connectivity index (χ3n) is 4.29. The quantitative estimate of drug-likeness (QED) is 0.817. The van der Waals surface area contributed by atoms with Gasteiger partial charge in [-0.2, -0.15) is 0 Å². The fraction of sp³-hybridized carbons (Fsp3) is 0.556. The summed E-state index contributed by atoms with van der Waals surface area (Å²) in [7, 11) is 0. The summed E-state index contributed by atoms with van der Waals surface area (Å²) < 4.78 is 0. The summed E-state index contributed by atoms with van der Waals surface area (Å²) in [5.74, 6) is -0.0899. The smallest absolute Gasteiger partial charge is 0.253 e. The van der Waals surface area contributed by atoms with Crippen LogP contribution in [0.25, 0.3) is 0 Å². The standard InChI is InChI=1S/C18H27N3O2/c1-3-5-9-19-17(22)15-7-6-8-16(14-15)18(23)21-12-10-20(4-2)11-13-21/h6-8,14H,3-5,9-13H2,1-2H3,(H,19,22). The van der Waals surface area contributed by atoms with Crippen LogP contribution < -0.4 is 5.32 Å². The molecule has 1 N–H and O–H groups in total. The van der Waals surface area contributed by atoms with Crippen molar-refractivity contribution in [2.45, 2.75) is 26.7 Å². The van der Waals surface area contributed by atoms with Gasteiger partial charge in [0.1, 0.15) is 0 Å². The van der Waals surface area contributed by atoms with E-state index in [0.717, 1.165) is 45.6 Å².